The van der Waals surface area contributed by atoms with E-state index in [1.807, 2.05) is 52.8 Å². The van der Waals surface area contributed by atoms with Gasteiger partial charge in [0, 0.05) is 17.2 Å². The standard InChI is InChI=1S/C21H35BCl2N2O4/c1-16-13-17(26(11-9-23)29-12-10-24)7-8-18(16)21(5,15-25-22(6)28)14-19(27)30-20(2,3)4/h7-8,13,25,28H,9-12,14-15H2,1-6H3. The van der Waals surface area contributed by atoms with Gasteiger partial charge < -0.3 is 15.0 Å². The quantitative estimate of drug-likeness (QED) is 0.213. The Balaban J connectivity index is 3.20. The Hall–Kier alpha value is -0.985. The lowest BCUT2D eigenvalue weighted by Gasteiger charge is -2.33. The van der Waals surface area contributed by atoms with E-state index in [0.29, 0.717) is 31.5 Å². The average Bonchev–Trinajstić information content (AvgIpc) is 2.61. The summed E-state index contributed by atoms with van der Waals surface area (Å²) in [7, 11) is -0.689. The first-order valence-electron chi connectivity index (χ1n) is 10.2. The van der Waals surface area contributed by atoms with Crippen LogP contribution in [0.2, 0.25) is 6.82 Å². The second kappa shape index (κ2) is 12.2. The summed E-state index contributed by atoms with van der Waals surface area (Å²) < 4.78 is 5.56. The summed E-state index contributed by atoms with van der Waals surface area (Å²) in [5.41, 5.74) is 1.73. The second-order valence-electron chi connectivity index (χ2n) is 8.69. The summed E-state index contributed by atoms with van der Waals surface area (Å²) in [4.78, 5) is 18.3. The molecule has 1 rings (SSSR count). The lowest BCUT2D eigenvalue weighted by Crippen LogP contribution is -2.44. The first-order chi connectivity index (χ1) is 13.9. The number of rotatable bonds is 12. The van der Waals surface area contributed by atoms with Gasteiger partial charge in [-0.15, -0.1) is 23.2 Å². The number of halogens is 2. The number of hydrogen-bond donors (Lipinski definition) is 2. The lowest BCUT2D eigenvalue weighted by molar-refractivity contribution is -0.156. The van der Waals surface area contributed by atoms with Gasteiger partial charge in [0.25, 0.3) is 0 Å². The minimum absolute atomic E-state index is 0.179. The maximum atomic E-state index is 12.6. The molecular weight excluding hydrogens is 426 g/mol. The zero-order valence-electron chi connectivity index (χ0n) is 18.9. The number of carbonyl (C=O) groups excluding carboxylic acids is 1. The van der Waals surface area contributed by atoms with E-state index in [1.165, 1.54) is 0 Å². The molecule has 0 spiro atoms. The van der Waals surface area contributed by atoms with Crippen LogP contribution in [0.5, 0.6) is 0 Å². The Morgan fingerprint density at radius 1 is 1.23 bits per heavy atom. The molecule has 1 atom stereocenters. The monoisotopic (exact) mass is 460 g/mol. The van der Waals surface area contributed by atoms with Crippen LogP contribution in [0.15, 0.2) is 18.2 Å². The fourth-order valence-electron chi connectivity index (χ4n) is 3.29. The molecular formula is C21H35BCl2N2O4. The molecule has 0 amide bonds. The fraction of sp³-hybridized carbons (Fsp3) is 0.667. The van der Waals surface area contributed by atoms with Crippen LogP contribution in [0, 0.1) is 6.92 Å². The van der Waals surface area contributed by atoms with E-state index in [1.54, 1.807) is 11.9 Å². The summed E-state index contributed by atoms with van der Waals surface area (Å²) in [5, 5.41) is 14.5. The van der Waals surface area contributed by atoms with E-state index >= 15 is 0 Å². The van der Waals surface area contributed by atoms with E-state index in [9.17, 15) is 9.82 Å². The van der Waals surface area contributed by atoms with Gasteiger partial charge in [-0.25, -0.2) is 0 Å². The Bertz CT molecular complexity index is 685. The number of anilines is 1. The molecule has 0 saturated heterocycles. The van der Waals surface area contributed by atoms with Crippen molar-refractivity contribution >= 4 is 41.9 Å². The Kier molecular flexibility index (Phi) is 11.0. The molecule has 0 aliphatic heterocycles. The Morgan fingerprint density at radius 3 is 2.40 bits per heavy atom. The zero-order chi connectivity index (χ0) is 22.9. The molecule has 0 aliphatic rings. The van der Waals surface area contributed by atoms with Crippen molar-refractivity contribution in [3.05, 3.63) is 29.3 Å². The number of carbonyl (C=O) groups is 1. The number of aryl methyl sites for hydroxylation is 1. The van der Waals surface area contributed by atoms with Gasteiger partial charge in [-0.1, -0.05) is 13.0 Å². The third-order valence-corrected chi connectivity index (χ3v) is 4.83. The van der Waals surface area contributed by atoms with Crippen LogP contribution < -0.4 is 10.3 Å². The van der Waals surface area contributed by atoms with Crippen LogP contribution in [0.3, 0.4) is 0 Å². The first-order valence-corrected chi connectivity index (χ1v) is 11.3. The van der Waals surface area contributed by atoms with Gasteiger partial charge in [0.05, 0.1) is 25.3 Å². The third-order valence-electron chi connectivity index (χ3n) is 4.50. The molecule has 0 heterocycles. The van der Waals surface area contributed by atoms with Gasteiger partial charge in [-0.2, -0.15) is 0 Å². The van der Waals surface area contributed by atoms with Gasteiger partial charge in [-0.05, 0) is 64.3 Å². The number of hydroxylamine groups is 1. The average molecular weight is 461 g/mol. The predicted molar refractivity (Wildman–Crippen MR) is 126 cm³/mol. The highest BCUT2D eigenvalue weighted by Gasteiger charge is 2.34. The number of nitrogens with zero attached hydrogens (tertiary/aromatic N) is 1. The molecule has 1 aromatic carbocycles. The van der Waals surface area contributed by atoms with Gasteiger partial charge in [0.1, 0.15) is 5.60 Å². The lowest BCUT2D eigenvalue weighted by atomic mass is 9.75. The van der Waals surface area contributed by atoms with Gasteiger partial charge in [0.15, 0.2) is 0 Å². The largest absolute Gasteiger partial charge is 0.460 e. The van der Waals surface area contributed by atoms with Crippen molar-refractivity contribution in [2.75, 3.05) is 36.5 Å². The highest BCUT2D eigenvalue weighted by Crippen LogP contribution is 2.33. The molecule has 1 aromatic rings. The number of ether oxygens (including phenoxy) is 1. The van der Waals surface area contributed by atoms with Crippen LogP contribution in [-0.2, 0) is 19.8 Å². The van der Waals surface area contributed by atoms with Crippen molar-refractivity contribution in [1.82, 2.24) is 5.23 Å². The maximum Gasteiger partial charge on any atom is 0.373 e. The molecule has 6 nitrogen and oxygen atoms in total. The number of hydrogen-bond acceptors (Lipinski definition) is 6. The van der Waals surface area contributed by atoms with E-state index in [4.69, 9.17) is 32.8 Å². The molecule has 0 radical (unpaired) electrons. The van der Waals surface area contributed by atoms with E-state index < -0.39 is 18.1 Å². The van der Waals surface area contributed by atoms with Crippen LogP contribution in [0.1, 0.15) is 45.2 Å². The van der Waals surface area contributed by atoms with Crippen LogP contribution in [-0.4, -0.2) is 55.1 Å². The molecule has 30 heavy (non-hydrogen) atoms. The third kappa shape index (κ3) is 9.02. The molecule has 170 valence electrons. The van der Waals surface area contributed by atoms with E-state index in [-0.39, 0.29) is 12.4 Å². The summed E-state index contributed by atoms with van der Waals surface area (Å²) in [6.07, 6.45) is 0.179. The summed E-state index contributed by atoms with van der Waals surface area (Å²) >= 11 is 11.7. The number of esters is 1. The van der Waals surface area contributed by atoms with Crippen molar-refractivity contribution < 1.29 is 19.4 Å². The predicted octanol–water partition coefficient (Wildman–Crippen LogP) is 3.90. The Labute approximate surface area is 191 Å². The Morgan fingerprint density at radius 2 is 1.90 bits per heavy atom. The first kappa shape index (κ1) is 27.0. The van der Waals surface area contributed by atoms with Crippen molar-refractivity contribution in [2.24, 2.45) is 0 Å². The van der Waals surface area contributed by atoms with Crippen molar-refractivity contribution in [1.29, 1.82) is 0 Å². The van der Waals surface area contributed by atoms with Gasteiger partial charge in [-0.3, -0.25) is 14.7 Å². The molecule has 0 fully saturated rings. The summed E-state index contributed by atoms with van der Waals surface area (Å²) in [6.45, 7) is 12.5. The zero-order valence-corrected chi connectivity index (χ0v) is 20.4. The molecule has 1 unspecified atom stereocenters. The summed E-state index contributed by atoms with van der Waals surface area (Å²) in [6, 6.07) is 5.94. The second-order valence-corrected chi connectivity index (χ2v) is 9.45. The normalized spacial score (nSPS) is 13.6. The van der Waals surface area contributed by atoms with E-state index in [0.717, 1.165) is 16.8 Å². The van der Waals surface area contributed by atoms with Crippen molar-refractivity contribution in [3.8, 4) is 0 Å². The molecule has 0 aromatic heterocycles. The van der Waals surface area contributed by atoms with Crippen LogP contribution in [0.25, 0.3) is 0 Å². The fourth-order valence-corrected chi connectivity index (χ4v) is 3.51. The number of nitrogens with one attached hydrogen (secondary N) is 1. The van der Waals surface area contributed by atoms with Gasteiger partial charge in [0.2, 0.25) is 0 Å². The number of benzene rings is 1. The number of alkyl halides is 2. The topological polar surface area (TPSA) is 71.0 Å². The highest BCUT2D eigenvalue weighted by molar-refractivity contribution is 6.45. The molecule has 2 N–H and O–H groups in total. The molecule has 0 bridgehead atoms. The van der Waals surface area contributed by atoms with Gasteiger partial charge >= 0.3 is 13.0 Å². The highest BCUT2D eigenvalue weighted by atomic mass is 35.5. The SMILES string of the molecule is CB(O)NCC(C)(CC(=O)OC(C)(C)C)c1ccc(N(CCCl)OCCCl)cc1C. The minimum atomic E-state index is -0.689. The van der Waals surface area contributed by atoms with Crippen molar-refractivity contribution in [3.63, 3.8) is 0 Å². The minimum Gasteiger partial charge on any atom is -0.460 e. The summed E-state index contributed by atoms with van der Waals surface area (Å²) in [5.74, 6) is 0.516. The molecule has 0 saturated carbocycles. The van der Waals surface area contributed by atoms with Crippen molar-refractivity contribution in [2.45, 2.75) is 58.9 Å². The van der Waals surface area contributed by atoms with E-state index in [2.05, 4.69) is 5.23 Å². The van der Waals surface area contributed by atoms with Crippen LogP contribution in [0.4, 0.5) is 5.69 Å². The smallest absolute Gasteiger partial charge is 0.373 e. The maximum absolute atomic E-state index is 12.6. The van der Waals surface area contributed by atoms with Crippen LogP contribution >= 0.6 is 23.2 Å². The molecule has 0 aliphatic carbocycles. The molecule has 9 heteroatoms.